The molecule has 0 unspecified atom stereocenters. The quantitative estimate of drug-likeness (QED) is 0.205. The average Bonchev–Trinajstić information content (AvgIpc) is 3.30. The molecule has 3 aromatic carbocycles. The molecule has 4 rings (SSSR count). The van der Waals surface area contributed by atoms with Gasteiger partial charge in [0.15, 0.2) is 0 Å². The second-order valence-corrected chi connectivity index (χ2v) is 7.62. The highest BCUT2D eigenvalue weighted by molar-refractivity contribution is 7.99. The van der Waals surface area contributed by atoms with E-state index in [1.54, 1.807) is 0 Å². The molecule has 9 nitrogen and oxygen atoms in total. The number of carbonyl (C=O) groups is 1. The molecule has 0 fully saturated rings. The Morgan fingerprint density at radius 1 is 1.03 bits per heavy atom. The van der Waals surface area contributed by atoms with Gasteiger partial charge in [-0.2, -0.15) is 0 Å². The predicted octanol–water partition coefficient (Wildman–Crippen LogP) is 5.26. The van der Waals surface area contributed by atoms with Crippen LogP contribution < -0.4 is 10.6 Å². The number of aromatic nitrogens is 2. The zero-order valence-electron chi connectivity index (χ0n) is 16.9. The number of non-ortho nitro benzene ring substituents is 1. The van der Waals surface area contributed by atoms with Gasteiger partial charge in [0.05, 0.1) is 22.1 Å². The lowest BCUT2D eigenvalue weighted by Gasteiger charge is -2.13. The first kappa shape index (κ1) is 22.0. The number of carbonyl (C=O) groups excluding carboxylic acids is 1. The average molecular weight is 465 g/mol. The van der Waals surface area contributed by atoms with Crippen LogP contribution in [0.3, 0.4) is 0 Å². The number of amides is 1. The molecule has 2 N–H and O–H groups in total. The van der Waals surface area contributed by atoms with Crippen LogP contribution in [0, 0.1) is 15.9 Å². The molecule has 166 valence electrons. The molecule has 1 amide bonds. The number of nitro groups is 1. The fraction of sp³-hybridized carbons (Fsp3) is 0.0455. The number of rotatable bonds is 8. The number of nitro benzene ring substituents is 1. The van der Waals surface area contributed by atoms with E-state index >= 15 is 0 Å². The van der Waals surface area contributed by atoms with E-state index in [0.29, 0.717) is 17.3 Å². The standard InChI is InChI=1S/C22H16FN5O4S/c23-15-6-8-16(9-7-15)24-18-11-10-17(28(30)31)12-19(18)25-20(29)13-33-22-27-26-21(32-22)14-4-2-1-3-5-14/h1-12,24H,13H2,(H,25,29). The molecule has 0 saturated carbocycles. The second-order valence-electron chi connectivity index (χ2n) is 6.69. The Hall–Kier alpha value is -4.25. The third kappa shape index (κ3) is 5.71. The van der Waals surface area contributed by atoms with Crippen molar-refractivity contribution in [1.29, 1.82) is 0 Å². The molecule has 1 heterocycles. The minimum Gasteiger partial charge on any atom is -0.411 e. The number of benzene rings is 3. The Labute approximate surface area is 191 Å². The van der Waals surface area contributed by atoms with Crippen LogP contribution >= 0.6 is 11.8 Å². The van der Waals surface area contributed by atoms with Gasteiger partial charge in [-0.05, 0) is 42.5 Å². The summed E-state index contributed by atoms with van der Waals surface area (Å²) < 4.78 is 18.7. The summed E-state index contributed by atoms with van der Waals surface area (Å²) in [5, 5.41) is 24.9. The van der Waals surface area contributed by atoms with E-state index in [4.69, 9.17) is 4.42 Å². The van der Waals surface area contributed by atoms with Crippen molar-refractivity contribution in [2.24, 2.45) is 0 Å². The largest absolute Gasteiger partial charge is 0.411 e. The second kappa shape index (κ2) is 9.92. The molecule has 0 radical (unpaired) electrons. The molecule has 0 aliphatic rings. The van der Waals surface area contributed by atoms with Crippen molar-refractivity contribution in [1.82, 2.24) is 10.2 Å². The highest BCUT2D eigenvalue weighted by Crippen LogP contribution is 2.30. The lowest BCUT2D eigenvalue weighted by molar-refractivity contribution is -0.384. The van der Waals surface area contributed by atoms with Crippen molar-refractivity contribution in [3.8, 4) is 11.5 Å². The third-order valence-electron chi connectivity index (χ3n) is 4.37. The minimum absolute atomic E-state index is 0.0604. The summed E-state index contributed by atoms with van der Waals surface area (Å²) in [6, 6.07) is 18.8. The smallest absolute Gasteiger partial charge is 0.277 e. The Balaban J connectivity index is 1.45. The maximum absolute atomic E-state index is 13.2. The van der Waals surface area contributed by atoms with Crippen molar-refractivity contribution in [3.63, 3.8) is 0 Å². The van der Waals surface area contributed by atoms with Crippen LogP contribution in [-0.2, 0) is 4.79 Å². The van der Waals surface area contributed by atoms with Crippen LogP contribution in [0.5, 0.6) is 0 Å². The topological polar surface area (TPSA) is 123 Å². The maximum atomic E-state index is 13.2. The maximum Gasteiger partial charge on any atom is 0.277 e. The summed E-state index contributed by atoms with van der Waals surface area (Å²) in [4.78, 5) is 23.1. The number of thioether (sulfide) groups is 1. The van der Waals surface area contributed by atoms with E-state index in [0.717, 1.165) is 17.3 Å². The monoisotopic (exact) mass is 465 g/mol. The molecule has 0 atom stereocenters. The molecule has 0 bridgehead atoms. The first-order valence-corrected chi connectivity index (χ1v) is 10.6. The summed E-state index contributed by atoms with van der Waals surface area (Å²) in [5.74, 6) is -0.550. The fourth-order valence-corrected chi connectivity index (χ4v) is 3.39. The summed E-state index contributed by atoms with van der Waals surface area (Å²) in [5.41, 5.74) is 1.74. The molecule has 11 heteroatoms. The van der Waals surface area contributed by atoms with Crippen LogP contribution in [0.1, 0.15) is 0 Å². The molecule has 0 saturated heterocycles. The predicted molar refractivity (Wildman–Crippen MR) is 122 cm³/mol. The summed E-state index contributed by atoms with van der Waals surface area (Å²) in [6.45, 7) is 0. The molecule has 0 aliphatic heterocycles. The zero-order valence-corrected chi connectivity index (χ0v) is 17.7. The van der Waals surface area contributed by atoms with E-state index < -0.39 is 16.6 Å². The molecule has 33 heavy (non-hydrogen) atoms. The first-order chi connectivity index (χ1) is 16.0. The van der Waals surface area contributed by atoms with Crippen molar-refractivity contribution < 1.29 is 18.5 Å². The molecule has 1 aromatic heterocycles. The number of nitrogens with one attached hydrogen (secondary N) is 2. The lowest BCUT2D eigenvalue weighted by Crippen LogP contribution is -2.15. The highest BCUT2D eigenvalue weighted by Gasteiger charge is 2.15. The van der Waals surface area contributed by atoms with Crippen molar-refractivity contribution >= 4 is 40.4 Å². The molecular weight excluding hydrogens is 449 g/mol. The van der Waals surface area contributed by atoms with E-state index in [1.807, 2.05) is 30.3 Å². The van der Waals surface area contributed by atoms with Gasteiger partial charge in [0, 0.05) is 23.4 Å². The van der Waals surface area contributed by atoms with Crippen LogP contribution in [0.4, 0.5) is 27.1 Å². The highest BCUT2D eigenvalue weighted by atomic mass is 32.2. The van der Waals surface area contributed by atoms with Crippen molar-refractivity contribution in [2.45, 2.75) is 5.22 Å². The Morgan fingerprint density at radius 2 is 1.79 bits per heavy atom. The van der Waals surface area contributed by atoms with Gasteiger partial charge in [0.2, 0.25) is 11.8 Å². The molecular formula is C22H16FN5O4S. The summed E-state index contributed by atoms with van der Waals surface area (Å²) in [6.07, 6.45) is 0. The van der Waals surface area contributed by atoms with Crippen LogP contribution in [0.2, 0.25) is 0 Å². The van der Waals surface area contributed by atoms with Gasteiger partial charge in [0.1, 0.15) is 5.82 Å². The van der Waals surface area contributed by atoms with Crippen LogP contribution in [0.15, 0.2) is 82.4 Å². The number of hydrogen-bond donors (Lipinski definition) is 2. The number of halogens is 1. The fourth-order valence-electron chi connectivity index (χ4n) is 2.83. The van der Waals surface area contributed by atoms with E-state index in [1.165, 1.54) is 42.5 Å². The van der Waals surface area contributed by atoms with Gasteiger partial charge in [-0.3, -0.25) is 14.9 Å². The molecule has 0 spiro atoms. The van der Waals surface area contributed by atoms with Crippen molar-refractivity contribution in [3.05, 3.63) is 88.7 Å². The van der Waals surface area contributed by atoms with Gasteiger partial charge in [-0.15, -0.1) is 10.2 Å². The zero-order chi connectivity index (χ0) is 23.2. The van der Waals surface area contributed by atoms with E-state index in [2.05, 4.69) is 20.8 Å². The molecule has 0 aliphatic carbocycles. The van der Waals surface area contributed by atoms with E-state index in [-0.39, 0.29) is 22.4 Å². The minimum atomic E-state index is -0.560. The summed E-state index contributed by atoms with van der Waals surface area (Å²) >= 11 is 1.04. The number of nitrogens with zero attached hydrogens (tertiary/aromatic N) is 3. The first-order valence-electron chi connectivity index (χ1n) is 9.60. The van der Waals surface area contributed by atoms with Crippen LogP contribution in [0.25, 0.3) is 11.5 Å². The van der Waals surface area contributed by atoms with Gasteiger partial charge in [0.25, 0.3) is 10.9 Å². The van der Waals surface area contributed by atoms with E-state index in [9.17, 15) is 19.3 Å². The van der Waals surface area contributed by atoms with Gasteiger partial charge >= 0.3 is 0 Å². The Morgan fingerprint density at radius 3 is 2.52 bits per heavy atom. The summed E-state index contributed by atoms with van der Waals surface area (Å²) in [7, 11) is 0. The Kier molecular flexibility index (Phi) is 6.60. The Bertz CT molecular complexity index is 1280. The third-order valence-corrected chi connectivity index (χ3v) is 5.18. The van der Waals surface area contributed by atoms with Gasteiger partial charge in [-0.1, -0.05) is 30.0 Å². The van der Waals surface area contributed by atoms with Gasteiger partial charge in [-0.25, -0.2) is 4.39 Å². The van der Waals surface area contributed by atoms with Crippen LogP contribution in [-0.4, -0.2) is 26.8 Å². The number of hydrogen-bond acceptors (Lipinski definition) is 8. The van der Waals surface area contributed by atoms with Crippen molar-refractivity contribution in [2.75, 3.05) is 16.4 Å². The lowest BCUT2D eigenvalue weighted by atomic mass is 10.2. The number of anilines is 3. The SMILES string of the molecule is O=C(CSc1nnc(-c2ccccc2)o1)Nc1cc([N+](=O)[O-])ccc1Nc1ccc(F)cc1. The van der Waals surface area contributed by atoms with Gasteiger partial charge < -0.3 is 15.1 Å². The molecule has 4 aromatic rings. The normalized spacial score (nSPS) is 10.6.